The second kappa shape index (κ2) is 4.46. The molecule has 1 saturated heterocycles. The molecular formula is C13H25NO3S. The van der Waals surface area contributed by atoms with Crippen LogP contribution in [0.3, 0.4) is 0 Å². The normalized spacial score (nSPS) is 48.2. The summed E-state index contributed by atoms with van der Waals surface area (Å²) in [6, 6.07) is 0. The van der Waals surface area contributed by atoms with Crippen LogP contribution < -0.4 is 5.73 Å². The molecule has 1 saturated carbocycles. The lowest BCUT2D eigenvalue weighted by molar-refractivity contribution is -0.117. The molecule has 0 bridgehead atoms. The summed E-state index contributed by atoms with van der Waals surface area (Å²) in [4.78, 5) is 0. The van der Waals surface area contributed by atoms with E-state index in [9.17, 15) is 13.5 Å². The van der Waals surface area contributed by atoms with Crippen LogP contribution in [-0.4, -0.2) is 37.2 Å². The first-order valence-corrected chi connectivity index (χ1v) is 8.67. The predicted molar refractivity (Wildman–Crippen MR) is 71.9 cm³/mol. The highest BCUT2D eigenvalue weighted by Gasteiger charge is 2.56. The van der Waals surface area contributed by atoms with Gasteiger partial charge in [-0.25, -0.2) is 8.42 Å². The molecule has 0 aromatic carbocycles. The lowest BCUT2D eigenvalue weighted by atomic mass is 9.60. The first-order valence-electron chi connectivity index (χ1n) is 6.85. The molecule has 0 amide bonds. The lowest BCUT2D eigenvalue weighted by Gasteiger charge is -2.49. The Morgan fingerprint density at radius 2 is 1.83 bits per heavy atom. The Hall–Kier alpha value is -0.130. The topological polar surface area (TPSA) is 80.4 Å². The molecule has 3 N–H and O–H groups in total. The molecular weight excluding hydrogens is 250 g/mol. The van der Waals surface area contributed by atoms with Crippen molar-refractivity contribution >= 4 is 9.84 Å². The minimum atomic E-state index is -3.03. The van der Waals surface area contributed by atoms with E-state index in [2.05, 4.69) is 13.8 Å². The van der Waals surface area contributed by atoms with Crippen LogP contribution in [0.1, 0.15) is 39.5 Å². The maximum atomic E-state index is 11.8. The molecule has 0 aromatic rings. The first-order chi connectivity index (χ1) is 8.22. The van der Waals surface area contributed by atoms with Gasteiger partial charge in [0.1, 0.15) is 0 Å². The Bertz CT molecular complexity index is 410. The van der Waals surface area contributed by atoms with Crippen LogP contribution in [0.2, 0.25) is 0 Å². The lowest BCUT2D eigenvalue weighted by Crippen LogP contribution is -2.56. The number of sulfone groups is 1. The average Bonchev–Trinajstić information content (AvgIpc) is 2.54. The molecule has 3 unspecified atom stereocenters. The van der Waals surface area contributed by atoms with E-state index in [4.69, 9.17) is 5.73 Å². The van der Waals surface area contributed by atoms with E-state index in [0.717, 1.165) is 6.42 Å². The highest BCUT2D eigenvalue weighted by Crippen LogP contribution is 2.50. The zero-order valence-corrected chi connectivity index (χ0v) is 12.2. The Morgan fingerprint density at radius 1 is 1.28 bits per heavy atom. The molecule has 1 aliphatic heterocycles. The van der Waals surface area contributed by atoms with Gasteiger partial charge in [-0.05, 0) is 37.5 Å². The smallest absolute Gasteiger partial charge is 0.151 e. The summed E-state index contributed by atoms with van der Waals surface area (Å²) in [6.45, 7) is 4.53. The number of nitrogens with two attached hydrogens (primary N) is 1. The second-order valence-corrected chi connectivity index (χ2v) is 8.90. The van der Waals surface area contributed by atoms with Gasteiger partial charge in [0.05, 0.1) is 17.1 Å². The van der Waals surface area contributed by atoms with Gasteiger partial charge in [-0.15, -0.1) is 0 Å². The number of hydrogen-bond acceptors (Lipinski definition) is 4. The summed E-state index contributed by atoms with van der Waals surface area (Å²) in [7, 11) is -3.03. The van der Waals surface area contributed by atoms with Crippen LogP contribution in [0.4, 0.5) is 0 Å². The van der Waals surface area contributed by atoms with E-state index in [1.54, 1.807) is 0 Å². The molecule has 0 spiro atoms. The van der Waals surface area contributed by atoms with Crippen molar-refractivity contribution in [3.05, 3.63) is 0 Å². The monoisotopic (exact) mass is 275 g/mol. The van der Waals surface area contributed by atoms with E-state index >= 15 is 0 Å². The Labute approximate surface area is 110 Å². The quantitative estimate of drug-likeness (QED) is 0.786. The molecule has 5 heteroatoms. The third kappa shape index (κ3) is 2.32. The third-order valence-corrected chi connectivity index (χ3v) is 6.76. The molecule has 0 aromatic heterocycles. The third-order valence-electron chi connectivity index (χ3n) is 4.94. The van der Waals surface area contributed by atoms with Gasteiger partial charge in [0.25, 0.3) is 0 Å². The van der Waals surface area contributed by atoms with Crippen molar-refractivity contribution in [2.24, 2.45) is 23.0 Å². The molecule has 4 nitrogen and oxygen atoms in total. The van der Waals surface area contributed by atoms with Crippen LogP contribution in [-0.2, 0) is 9.84 Å². The zero-order valence-electron chi connectivity index (χ0n) is 11.4. The molecule has 2 fully saturated rings. The SMILES string of the molecule is CC1CC(C)CC(O)(C2(CN)CCS(=O)(=O)C2)C1. The van der Waals surface area contributed by atoms with Gasteiger partial charge in [0, 0.05) is 12.0 Å². The highest BCUT2D eigenvalue weighted by atomic mass is 32.2. The van der Waals surface area contributed by atoms with Gasteiger partial charge in [0.2, 0.25) is 0 Å². The maximum Gasteiger partial charge on any atom is 0.151 e. The zero-order chi connectivity index (χ0) is 13.6. The molecule has 106 valence electrons. The molecule has 2 aliphatic rings. The maximum absolute atomic E-state index is 11.8. The van der Waals surface area contributed by atoms with Crippen molar-refractivity contribution in [3.63, 3.8) is 0 Å². The van der Waals surface area contributed by atoms with Crippen molar-refractivity contribution in [1.29, 1.82) is 0 Å². The van der Waals surface area contributed by atoms with Crippen molar-refractivity contribution in [3.8, 4) is 0 Å². The minimum absolute atomic E-state index is 0.0619. The fourth-order valence-electron chi connectivity index (χ4n) is 4.16. The number of hydrogen-bond donors (Lipinski definition) is 2. The molecule has 1 heterocycles. The van der Waals surface area contributed by atoms with E-state index in [1.165, 1.54) is 0 Å². The van der Waals surface area contributed by atoms with Gasteiger partial charge in [-0.3, -0.25) is 0 Å². The van der Waals surface area contributed by atoms with Crippen molar-refractivity contribution in [2.45, 2.75) is 45.1 Å². The standard InChI is InChI=1S/C13H25NO3S/c1-10-5-11(2)7-13(15,6-10)12(8-14)3-4-18(16,17)9-12/h10-11,15H,3-9,14H2,1-2H3. The van der Waals surface area contributed by atoms with E-state index < -0.39 is 20.9 Å². The molecule has 1 aliphatic carbocycles. The minimum Gasteiger partial charge on any atom is -0.389 e. The van der Waals surface area contributed by atoms with Gasteiger partial charge < -0.3 is 10.8 Å². The second-order valence-electron chi connectivity index (χ2n) is 6.71. The Balaban J connectivity index is 2.32. The summed E-state index contributed by atoms with van der Waals surface area (Å²) in [5.74, 6) is 1.11. The molecule has 3 atom stereocenters. The Morgan fingerprint density at radius 3 is 2.22 bits per heavy atom. The summed E-state index contributed by atoms with van der Waals surface area (Å²) in [6.07, 6.45) is 2.99. The fourth-order valence-corrected chi connectivity index (χ4v) is 6.38. The van der Waals surface area contributed by atoms with Gasteiger partial charge in [-0.1, -0.05) is 13.8 Å². The van der Waals surface area contributed by atoms with Crippen molar-refractivity contribution in [1.82, 2.24) is 0 Å². The highest BCUT2D eigenvalue weighted by molar-refractivity contribution is 7.91. The summed E-state index contributed by atoms with van der Waals surface area (Å²) < 4.78 is 23.6. The first kappa shape index (κ1) is 14.3. The van der Waals surface area contributed by atoms with Gasteiger partial charge in [-0.2, -0.15) is 0 Å². The Kier molecular flexibility index (Phi) is 3.54. The van der Waals surface area contributed by atoms with Crippen LogP contribution >= 0.6 is 0 Å². The largest absolute Gasteiger partial charge is 0.389 e. The summed E-state index contributed by atoms with van der Waals surface area (Å²) in [5, 5.41) is 11.1. The van der Waals surface area contributed by atoms with E-state index in [1.807, 2.05) is 0 Å². The van der Waals surface area contributed by atoms with E-state index in [0.29, 0.717) is 31.1 Å². The fraction of sp³-hybridized carbons (Fsp3) is 1.00. The van der Waals surface area contributed by atoms with Gasteiger partial charge in [0.15, 0.2) is 9.84 Å². The van der Waals surface area contributed by atoms with E-state index in [-0.39, 0.29) is 18.1 Å². The summed E-state index contributed by atoms with van der Waals surface area (Å²) in [5.41, 5.74) is 4.36. The molecule has 2 rings (SSSR count). The van der Waals surface area contributed by atoms with Crippen LogP contribution in [0.5, 0.6) is 0 Å². The van der Waals surface area contributed by atoms with Crippen LogP contribution in [0, 0.1) is 17.3 Å². The van der Waals surface area contributed by atoms with Gasteiger partial charge >= 0.3 is 0 Å². The predicted octanol–water partition coefficient (Wildman–Crippen LogP) is 0.937. The molecule has 18 heavy (non-hydrogen) atoms. The average molecular weight is 275 g/mol. The molecule has 0 radical (unpaired) electrons. The van der Waals surface area contributed by atoms with Crippen molar-refractivity contribution in [2.75, 3.05) is 18.1 Å². The summed E-state index contributed by atoms with van der Waals surface area (Å²) >= 11 is 0. The van der Waals surface area contributed by atoms with Crippen molar-refractivity contribution < 1.29 is 13.5 Å². The number of rotatable bonds is 2. The van der Waals surface area contributed by atoms with Crippen LogP contribution in [0.15, 0.2) is 0 Å². The number of aliphatic hydroxyl groups is 1. The van der Waals surface area contributed by atoms with Crippen LogP contribution in [0.25, 0.3) is 0 Å².